The molecule has 1 heterocycles. The molecule has 80 valence electrons. The number of aromatic amines is 1. The van der Waals surface area contributed by atoms with Crippen molar-refractivity contribution < 1.29 is 14.4 Å². The van der Waals surface area contributed by atoms with Crippen LogP contribution in [-0.2, 0) is 11.3 Å². The Morgan fingerprint density at radius 3 is 2.29 bits per heavy atom. The lowest BCUT2D eigenvalue weighted by atomic mass is 10.3. The van der Waals surface area contributed by atoms with Crippen LogP contribution >= 0.6 is 0 Å². The molecule has 0 radical (unpaired) electrons. The molecule has 0 saturated carbocycles. The van der Waals surface area contributed by atoms with E-state index in [2.05, 4.69) is 9.68 Å². The number of carboxylic acid groups (broad SMARTS) is 1. The highest BCUT2D eigenvalue weighted by Gasteiger charge is 2.03. The molecule has 1 aromatic rings. The first-order chi connectivity index (χ1) is 6.52. The third-order valence-corrected chi connectivity index (χ3v) is 1.50. The van der Waals surface area contributed by atoms with Crippen LogP contribution in [0.25, 0.3) is 0 Å². The van der Waals surface area contributed by atoms with Gasteiger partial charge in [-0.2, -0.15) is 5.16 Å². The summed E-state index contributed by atoms with van der Waals surface area (Å²) in [6.07, 6.45) is 0.222. The molecular weight excluding hydrogens is 188 g/mol. The molecular formula is C8H14N2O4. The molecule has 0 amide bonds. The molecule has 6 nitrogen and oxygen atoms in total. The molecule has 0 aliphatic rings. The second kappa shape index (κ2) is 5.98. The van der Waals surface area contributed by atoms with E-state index < -0.39 is 5.97 Å². The van der Waals surface area contributed by atoms with Gasteiger partial charge in [0.25, 0.3) is 5.56 Å². The number of hydrogen-bond acceptors (Lipinski definition) is 4. The summed E-state index contributed by atoms with van der Waals surface area (Å²) in [4.78, 5) is 20.0. The fraction of sp³-hybridized carbons (Fsp3) is 0.500. The zero-order valence-corrected chi connectivity index (χ0v) is 8.16. The van der Waals surface area contributed by atoms with E-state index in [1.165, 1.54) is 0 Å². The topological polar surface area (TPSA) is 109 Å². The normalized spacial score (nSPS) is 9.07. The third kappa shape index (κ3) is 3.90. The molecule has 1 aromatic heterocycles. The van der Waals surface area contributed by atoms with Crippen molar-refractivity contribution in [3.63, 3.8) is 0 Å². The lowest BCUT2D eigenvalue weighted by Gasteiger charge is -1.83. The van der Waals surface area contributed by atoms with Crippen molar-refractivity contribution in [2.75, 3.05) is 0 Å². The molecule has 14 heavy (non-hydrogen) atoms. The van der Waals surface area contributed by atoms with Crippen molar-refractivity contribution in [1.82, 2.24) is 5.16 Å². The number of aromatic nitrogens is 1. The quantitative estimate of drug-likeness (QED) is 0.635. The Kier molecular flexibility index (Phi) is 5.31. The molecule has 0 aliphatic carbocycles. The van der Waals surface area contributed by atoms with Gasteiger partial charge in [0.05, 0.1) is 5.56 Å². The lowest BCUT2D eigenvalue weighted by molar-refractivity contribution is -0.136. The molecule has 0 fully saturated rings. The summed E-state index contributed by atoms with van der Waals surface area (Å²) in [6.45, 7) is 3.53. The number of H-pyrrole nitrogens is 1. The van der Waals surface area contributed by atoms with Gasteiger partial charge in [0.1, 0.15) is 5.76 Å². The van der Waals surface area contributed by atoms with Gasteiger partial charge in [0.15, 0.2) is 0 Å². The van der Waals surface area contributed by atoms with E-state index in [-0.39, 0.29) is 18.5 Å². The predicted molar refractivity (Wildman–Crippen MR) is 49.9 cm³/mol. The molecule has 4 N–H and O–H groups in total. The minimum Gasteiger partial charge on any atom is -0.481 e. The minimum atomic E-state index is -0.745. The van der Waals surface area contributed by atoms with E-state index in [1.807, 2.05) is 0 Å². The second-order valence-electron chi connectivity index (χ2n) is 2.52. The zero-order chi connectivity index (χ0) is 11.1. The van der Waals surface area contributed by atoms with Gasteiger partial charge in [-0.05, 0) is 6.92 Å². The first kappa shape index (κ1) is 12.4. The largest absolute Gasteiger partial charge is 0.481 e. The number of aryl methyl sites for hydroxylation is 1. The molecule has 0 aromatic carbocycles. The van der Waals surface area contributed by atoms with Gasteiger partial charge in [0, 0.05) is 13.0 Å². The van der Waals surface area contributed by atoms with Crippen LogP contribution in [0.3, 0.4) is 0 Å². The average molecular weight is 202 g/mol. The van der Waals surface area contributed by atoms with Crippen molar-refractivity contribution >= 4 is 5.97 Å². The van der Waals surface area contributed by atoms with Crippen molar-refractivity contribution in [2.45, 2.75) is 26.8 Å². The van der Waals surface area contributed by atoms with Crippen LogP contribution in [0.2, 0.25) is 0 Å². The maximum atomic E-state index is 10.6. The number of rotatable bonds is 2. The molecule has 0 saturated heterocycles. The number of carbonyl (C=O) groups is 1. The monoisotopic (exact) mass is 202 g/mol. The summed E-state index contributed by atoms with van der Waals surface area (Å²) in [7, 11) is 0. The van der Waals surface area contributed by atoms with Crippen molar-refractivity contribution in [1.29, 1.82) is 0 Å². The Morgan fingerprint density at radius 1 is 1.64 bits per heavy atom. The van der Waals surface area contributed by atoms with Gasteiger partial charge in [0.2, 0.25) is 0 Å². The highest BCUT2D eigenvalue weighted by molar-refractivity contribution is 5.66. The summed E-state index contributed by atoms with van der Waals surface area (Å²) < 4.78 is 4.67. The smallest absolute Gasteiger partial charge is 0.303 e. The van der Waals surface area contributed by atoms with E-state index in [1.54, 1.807) is 13.8 Å². The van der Waals surface area contributed by atoms with E-state index in [0.717, 1.165) is 0 Å². The molecule has 0 atom stereocenters. The summed E-state index contributed by atoms with van der Waals surface area (Å²) in [6, 6.07) is 0. The summed E-state index contributed by atoms with van der Waals surface area (Å²) in [5.74, 6) is -0.174. The van der Waals surface area contributed by atoms with Crippen LogP contribution < -0.4 is 11.3 Å². The molecule has 6 heteroatoms. The van der Waals surface area contributed by atoms with Crippen molar-refractivity contribution in [3.05, 3.63) is 21.7 Å². The number of hydrogen-bond donors (Lipinski definition) is 3. The van der Waals surface area contributed by atoms with E-state index in [9.17, 15) is 9.59 Å². The van der Waals surface area contributed by atoms with Crippen LogP contribution in [0.5, 0.6) is 0 Å². The number of carboxylic acids is 1. The maximum absolute atomic E-state index is 10.6. The van der Waals surface area contributed by atoms with Crippen LogP contribution in [0.4, 0.5) is 0 Å². The molecule has 0 spiro atoms. The molecule has 0 aliphatic heterocycles. The van der Waals surface area contributed by atoms with Crippen molar-refractivity contribution in [2.24, 2.45) is 5.73 Å². The van der Waals surface area contributed by atoms with Gasteiger partial charge in [-0.1, -0.05) is 6.92 Å². The number of nitrogens with one attached hydrogen (secondary N) is 1. The fourth-order valence-electron chi connectivity index (χ4n) is 0.642. The van der Waals surface area contributed by atoms with E-state index in [0.29, 0.717) is 11.3 Å². The second-order valence-corrected chi connectivity index (χ2v) is 2.52. The highest BCUT2D eigenvalue weighted by Crippen LogP contribution is 1.96. The van der Waals surface area contributed by atoms with Crippen LogP contribution in [0, 0.1) is 6.92 Å². The fourth-order valence-corrected chi connectivity index (χ4v) is 0.642. The lowest BCUT2D eigenvalue weighted by Crippen LogP contribution is -2.10. The predicted octanol–water partition coefficient (Wildman–Crippen LogP) is 0.216. The van der Waals surface area contributed by atoms with Crippen LogP contribution in [0.1, 0.15) is 24.7 Å². The summed E-state index contributed by atoms with van der Waals surface area (Å²) >= 11 is 0. The SMILES string of the molecule is CCC(=O)O.Cc1o[nH]c(=O)c1CN. The van der Waals surface area contributed by atoms with Gasteiger partial charge in [-0.15, -0.1) is 0 Å². The number of nitrogens with two attached hydrogens (primary N) is 1. The van der Waals surface area contributed by atoms with E-state index in [4.69, 9.17) is 10.8 Å². The molecule has 1 rings (SSSR count). The Balaban J connectivity index is 0.000000292. The van der Waals surface area contributed by atoms with Gasteiger partial charge in [-0.3, -0.25) is 9.59 Å². The summed E-state index contributed by atoms with van der Waals surface area (Å²) in [5, 5.41) is 9.90. The first-order valence-corrected chi connectivity index (χ1v) is 4.11. The Bertz CT molecular complexity index is 339. The Labute approximate surface area is 80.7 Å². The maximum Gasteiger partial charge on any atom is 0.303 e. The van der Waals surface area contributed by atoms with Gasteiger partial charge in [-0.25, -0.2) is 0 Å². The van der Waals surface area contributed by atoms with Crippen LogP contribution in [-0.4, -0.2) is 16.2 Å². The molecule has 0 unspecified atom stereocenters. The third-order valence-electron chi connectivity index (χ3n) is 1.50. The highest BCUT2D eigenvalue weighted by atomic mass is 16.5. The summed E-state index contributed by atoms with van der Waals surface area (Å²) in [5.41, 5.74) is 5.51. The first-order valence-electron chi connectivity index (χ1n) is 4.11. The standard InChI is InChI=1S/C5H8N2O2.C3H6O2/c1-3-4(2-6)5(8)7-9-3;1-2-3(4)5/h2,6H2,1H3,(H,7,8);2H2,1H3,(H,4,5). The molecule has 0 bridgehead atoms. The van der Waals surface area contributed by atoms with Crippen LogP contribution in [0.15, 0.2) is 9.32 Å². The zero-order valence-electron chi connectivity index (χ0n) is 8.16. The van der Waals surface area contributed by atoms with Crippen molar-refractivity contribution in [3.8, 4) is 0 Å². The van der Waals surface area contributed by atoms with E-state index >= 15 is 0 Å². The minimum absolute atomic E-state index is 0.222. The average Bonchev–Trinajstić information content (AvgIpc) is 2.47. The Morgan fingerprint density at radius 2 is 2.14 bits per heavy atom. The Hall–Kier alpha value is -1.56. The van der Waals surface area contributed by atoms with Gasteiger partial charge >= 0.3 is 5.97 Å². The van der Waals surface area contributed by atoms with Gasteiger partial charge < -0.3 is 15.4 Å². The number of aliphatic carboxylic acids is 1.